The highest BCUT2D eigenvalue weighted by Gasteiger charge is 2.39. The van der Waals surface area contributed by atoms with Crippen molar-refractivity contribution in [1.82, 2.24) is 4.90 Å². The largest absolute Gasteiger partial charge is 0.415 e. The lowest BCUT2D eigenvalue weighted by molar-refractivity contribution is -0.208. The Morgan fingerprint density at radius 1 is 1.33 bits per heavy atom. The molecule has 0 bridgehead atoms. The van der Waals surface area contributed by atoms with Gasteiger partial charge in [-0.3, -0.25) is 4.90 Å². The smallest absolute Gasteiger partial charge is 0.411 e. The molecule has 1 rings (SSSR count). The number of piperidine rings is 1. The Kier molecular flexibility index (Phi) is 3.92. The van der Waals surface area contributed by atoms with Crippen LogP contribution in [0, 0.1) is 0 Å². The lowest BCUT2D eigenvalue weighted by Crippen LogP contribution is -2.44. The van der Waals surface area contributed by atoms with Crippen molar-refractivity contribution >= 4 is 5.71 Å². The van der Waals surface area contributed by atoms with E-state index in [9.17, 15) is 13.2 Å². The molecule has 2 N–H and O–H groups in total. The van der Waals surface area contributed by atoms with Crippen molar-refractivity contribution in [3.8, 4) is 0 Å². The maximum absolute atomic E-state index is 12.0. The molecule has 0 spiro atoms. The zero-order valence-electron chi connectivity index (χ0n) is 8.04. The van der Waals surface area contributed by atoms with Crippen LogP contribution in [0.15, 0.2) is 5.16 Å². The van der Waals surface area contributed by atoms with E-state index < -0.39 is 18.8 Å². The minimum Gasteiger partial charge on any atom is -0.411 e. The zero-order chi connectivity index (χ0) is 11.5. The molecule has 0 amide bonds. The van der Waals surface area contributed by atoms with Gasteiger partial charge in [0.25, 0.3) is 0 Å². The van der Waals surface area contributed by atoms with E-state index in [1.807, 2.05) is 0 Å². The Hall–Kier alpha value is -0.820. The van der Waals surface area contributed by atoms with Gasteiger partial charge in [-0.2, -0.15) is 13.2 Å². The fraction of sp³-hybridized carbons (Fsp3) is 0.875. The lowest BCUT2D eigenvalue weighted by Gasteiger charge is -2.29. The molecule has 0 aromatic carbocycles. The van der Waals surface area contributed by atoms with Crippen molar-refractivity contribution in [3.05, 3.63) is 0 Å². The predicted molar refractivity (Wildman–Crippen MR) is 47.0 cm³/mol. The third-order valence-electron chi connectivity index (χ3n) is 2.38. The number of hydrogen-bond donors (Lipinski definition) is 2. The number of alkyl halides is 3. The van der Waals surface area contributed by atoms with E-state index in [2.05, 4.69) is 5.16 Å². The van der Waals surface area contributed by atoms with Gasteiger partial charge in [0.2, 0.25) is 0 Å². The van der Waals surface area contributed by atoms with Gasteiger partial charge in [0.1, 0.15) is 0 Å². The molecule has 1 heterocycles. The predicted octanol–water partition coefficient (Wildman–Crippen LogP) is 0.836. The van der Waals surface area contributed by atoms with Crippen LogP contribution in [0.2, 0.25) is 0 Å². The van der Waals surface area contributed by atoms with Crippen LogP contribution in [-0.4, -0.2) is 52.8 Å². The number of rotatable bonds is 2. The van der Waals surface area contributed by atoms with Crippen molar-refractivity contribution < 1.29 is 23.5 Å². The molecular formula is C8H13F3N2O2. The van der Waals surface area contributed by atoms with E-state index in [-0.39, 0.29) is 0 Å². The molecule has 0 aliphatic carbocycles. The summed E-state index contributed by atoms with van der Waals surface area (Å²) in [6, 6.07) is 0. The van der Waals surface area contributed by atoms with Crippen LogP contribution in [0.4, 0.5) is 13.2 Å². The molecule has 1 aliphatic rings. The van der Waals surface area contributed by atoms with Gasteiger partial charge in [0, 0.05) is 32.5 Å². The molecule has 1 atom stereocenters. The van der Waals surface area contributed by atoms with Crippen molar-refractivity contribution in [2.45, 2.75) is 25.1 Å². The summed E-state index contributed by atoms with van der Waals surface area (Å²) in [6.07, 6.45) is -5.97. The first-order valence-corrected chi connectivity index (χ1v) is 4.60. The third kappa shape index (κ3) is 3.67. The molecule has 1 saturated heterocycles. The molecule has 0 saturated carbocycles. The molecular weight excluding hydrogens is 213 g/mol. The van der Waals surface area contributed by atoms with Crippen LogP contribution in [0.5, 0.6) is 0 Å². The van der Waals surface area contributed by atoms with Crippen LogP contribution in [-0.2, 0) is 0 Å². The second kappa shape index (κ2) is 4.80. The maximum Gasteiger partial charge on any atom is 0.415 e. The normalized spacial score (nSPS) is 21.5. The average molecular weight is 226 g/mol. The first-order valence-electron chi connectivity index (χ1n) is 4.60. The van der Waals surface area contributed by atoms with Gasteiger partial charge in [-0.1, -0.05) is 5.16 Å². The second-order valence-electron chi connectivity index (χ2n) is 3.52. The number of likely N-dealkylation sites (tertiary alicyclic amines) is 1. The summed E-state index contributed by atoms with van der Waals surface area (Å²) in [7, 11) is 0. The first-order chi connectivity index (χ1) is 6.93. The highest BCUT2D eigenvalue weighted by atomic mass is 19.4. The number of aliphatic hydroxyl groups is 1. The SMILES string of the molecule is ON=C1CCN(CC(O)C(F)(F)F)CC1. The average Bonchev–Trinajstić information content (AvgIpc) is 2.17. The van der Waals surface area contributed by atoms with Crippen molar-refractivity contribution in [2.24, 2.45) is 5.16 Å². The molecule has 0 aromatic heterocycles. The summed E-state index contributed by atoms with van der Waals surface area (Å²) < 4.78 is 36.0. The van der Waals surface area contributed by atoms with Crippen molar-refractivity contribution in [2.75, 3.05) is 19.6 Å². The van der Waals surface area contributed by atoms with E-state index in [0.29, 0.717) is 31.6 Å². The summed E-state index contributed by atoms with van der Waals surface area (Å²) in [5.41, 5.74) is 0.591. The molecule has 1 aliphatic heterocycles. The maximum atomic E-state index is 12.0. The van der Waals surface area contributed by atoms with Crippen LogP contribution >= 0.6 is 0 Å². The Morgan fingerprint density at radius 3 is 2.27 bits per heavy atom. The number of hydrogen-bond acceptors (Lipinski definition) is 4. The van der Waals surface area contributed by atoms with Gasteiger partial charge < -0.3 is 10.3 Å². The minimum absolute atomic E-state index is 0.381. The van der Waals surface area contributed by atoms with Gasteiger partial charge in [0.15, 0.2) is 6.10 Å². The highest BCUT2D eigenvalue weighted by Crippen LogP contribution is 2.21. The quantitative estimate of drug-likeness (QED) is 0.541. The van der Waals surface area contributed by atoms with E-state index in [0.717, 1.165) is 0 Å². The Bertz CT molecular complexity index is 233. The van der Waals surface area contributed by atoms with Gasteiger partial charge in [-0.25, -0.2) is 0 Å². The van der Waals surface area contributed by atoms with E-state index in [4.69, 9.17) is 10.3 Å². The van der Waals surface area contributed by atoms with E-state index in [1.165, 1.54) is 4.90 Å². The molecule has 1 unspecified atom stereocenters. The lowest BCUT2D eigenvalue weighted by atomic mass is 10.1. The Labute approximate surface area is 85.0 Å². The second-order valence-corrected chi connectivity index (χ2v) is 3.52. The number of halogens is 3. The molecule has 88 valence electrons. The van der Waals surface area contributed by atoms with Crippen LogP contribution < -0.4 is 0 Å². The van der Waals surface area contributed by atoms with Crippen LogP contribution in [0.3, 0.4) is 0 Å². The van der Waals surface area contributed by atoms with E-state index >= 15 is 0 Å². The van der Waals surface area contributed by atoms with E-state index in [1.54, 1.807) is 0 Å². The zero-order valence-corrected chi connectivity index (χ0v) is 8.04. The van der Waals surface area contributed by atoms with Gasteiger partial charge in [-0.05, 0) is 0 Å². The van der Waals surface area contributed by atoms with Gasteiger partial charge in [-0.15, -0.1) is 0 Å². The number of β-amino-alcohol motifs (C(OH)–C–C–N with tert-alkyl or cyclic N) is 1. The monoisotopic (exact) mass is 226 g/mol. The fourth-order valence-corrected chi connectivity index (χ4v) is 1.44. The molecule has 4 nitrogen and oxygen atoms in total. The minimum atomic E-state index is -4.56. The first kappa shape index (κ1) is 12.3. The number of nitrogens with zero attached hydrogens (tertiary/aromatic N) is 2. The Balaban J connectivity index is 2.36. The van der Waals surface area contributed by atoms with Crippen LogP contribution in [0.25, 0.3) is 0 Å². The summed E-state index contributed by atoms with van der Waals surface area (Å²) in [5.74, 6) is 0. The third-order valence-corrected chi connectivity index (χ3v) is 2.38. The summed E-state index contributed by atoms with van der Waals surface area (Å²) >= 11 is 0. The fourth-order valence-electron chi connectivity index (χ4n) is 1.44. The highest BCUT2D eigenvalue weighted by molar-refractivity contribution is 5.84. The molecule has 0 radical (unpaired) electrons. The summed E-state index contributed by atoms with van der Waals surface area (Å²) in [4.78, 5) is 1.51. The van der Waals surface area contributed by atoms with Crippen molar-refractivity contribution in [3.63, 3.8) is 0 Å². The standard InChI is InChI=1S/C8H13F3N2O2/c9-8(10,11)7(14)5-13-3-1-6(12-15)2-4-13/h7,14-15H,1-5H2. The molecule has 1 fully saturated rings. The Morgan fingerprint density at radius 2 is 1.87 bits per heavy atom. The summed E-state index contributed by atoms with van der Waals surface area (Å²) in [6.45, 7) is 0.348. The summed E-state index contributed by atoms with van der Waals surface area (Å²) in [5, 5.41) is 20.3. The molecule has 0 aromatic rings. The topological polar surface area (TPSA) is 56.1 Å². The number of aliphatic hydroxyl groups excluding tert-OH is 1. The van der Waals surface area contributed by atoms with Gasteiger partial charge in [0.05, 0.1) is 5.71 Å². The molecule has 15 heavy (non-hydrogen) atoms. The van der Waals surface area contributed by atoms with Crippen LogP contribution in [0.1, 0.15) is 12.8 Å². The van der Waals surface area contributed by atoms with Crippen molar-refractivity contribution in [1.29, 1.82) is 0 Å². The van der Waals surface area contributed by atoms with Gasteiger partial charge >= 0.3 is 6.18 Å². The number of oxime groups is 1. The molecule has 7 heteroatoms.